The highest BCUT2D eigenvalue weighted by molar-refractivity contribution is 7.98. The first kappa shape index (κ1) is 15.7. The first-order chi connectivity index (χ1) is 10.9. The number of phenols is 1. The molecule has 1 aromatic heterocycles. The lowest BCUT2D eigenvalue weighted by Crippen LogP contribution is -2.16. The third-order valence-corrected chi connectivity index (χ3v) is 4.74. The van der Waals surface area contributed by atoms with Crippen LogP contribution in [0.1, 0.15) is 0 Å². The monoisotopic (exact) mass is 349 g/mol. The Bertz CT molecular complexity index is 1010. The van der Waals surface area contributed by atoms with Gasteiger partial charge in [-0.2, -0.15) is 0 Å². The quantitative estimate of drug-likeness (QED) is 0.560. The van der Waals surface area contributed by atoms with Crippen molar-refractivity contribution in [2.75, 3.05) is 6.26 Å². The molecule has 0 amide bonds. The van der Waals surface area contributed by atoms with E-state index in [1.807, 2.05) is 12.3 Å². The summed E-state index contributed by atoms with van der Waals surface area (Å²) < 4.78 is 1.45. The Morgan fingerprint density at radius 1 is 1.26 bits per heavy atom. The van der Waals surface area contributed by atoms with Gasteiger partial charge in [-0.15, -0.1) is 11.8 Å². The van der Waals surface area contributed by atoms with Crippen molar-refractivity contribution < 1.29 is 15.0 Å². The zero-order chi connectivity index (χ0) is 16.7. The molecule has 0 fully saturated rings. The van der Waals surface area contributed by atoms with Gasteiger partial charge < -0.3 is 14.8 Å². The highest BCUT2D eigenvalue weighted by Crippen LogP contribution is 2.33. The first-order valence-corrected chi connectivity index (χ1v) is 8.28. The van der Waals surface area contributed by atoms with Crippen molar-refractivity contribution in [2.45, 2.75) is 11.4 Å². The summed E-state index contributed by atoms with van der Waals surface area (Å²) in [6, 6.07) is 8.04. The van der Waals surface area contributed by atoms with E-state index < -0.39 is 5.97 Å². The summed E-state index contributed by atoms with van der Waals surface area (Å²) in [7, 11) is 0. The summed E-state index contributed by atoms with van der Waals surface area (Å²) in [4.78, 5) is 24.9. The van der Waals surface area contributed by atoms with E-state index in [0.29, 0.717) is 10.9 Å². The molecule has 0 saturated heterocycles. The van der Waals surface area contributed by atoms with Crippen LogP contribution in [0.25, 0.3) is 21.8 Å². The van der Waals surface area contributed by atoms with Crippen LogP contribution in [0.4, 0.5) is 0 Å². The molecule has 23 heavy (non-hydrogen) atoms. The normalized spacial score (nSPS) is 11.2. The van der Waals surface area contributed by atoms with Crippen LogP contribution in [0.3, 0.4) is 0 Å². The van der Waals surface area contributed by atoms with E-state index in [2.05, 4.69) is 0 Å². The minimum absolute atomic E-state index is 0.0303. The molecular weight excluding hydrogens is 338 g/mol. The number of aliphatic carboxylic acids is 1. The van der Waals surface area contributed by atoms with Gasteiger partial charge in [-0.05, 0) is 36.6 Å². The Balaban J connectivity index is 2.60. The van der Waals surface area contributed by atoms with Gasteiger partial charge in [0.1, 0.15) is 17.3 Å². The van der Waals surface area contributed by atoms with Crippen molar-refractivity contribution in [1.82, 2.24) is 4.57 Å². The first-order valence-electron chi connectivity index (χ1n) is 6.67. The number of nitrogens with zero attached hydrogens (tertiary/aromatic N) is 1. The minimum atomic E-state index is -1.06. The molecule has 5 nitrogen and oxygen atoms in total. The van der Waals surface area contributed by atoms with Gasteiger partial charge >= 0.3 is 5.97 Å². The number of aromatic nitrogens is 1. The average Bonchev–Trinajstić information content (AvgIpc) is 2.53. The van der Waals surface area contributed by atoms with Crippen LogP contribution in [0.15, 0.2) is 40.0 Å². The molecule has 0 spiro atoms. The Morgan fingerprint density at radius 2 is 1.96 bits per heavy atom. The number of benzene rings is 2. The van der Waals surface area contributed by atoms with E-state index in [9.17, 15) is 19.8 Å². The standard InChI is InChI=1S/C16H12ClNO4S/c1-23-8-2-3-9-11(6-8)18(7-13(20)21)15-10(16(9)22)4-5-12(19)14(15)17/h2-6,19H,7H2,1H3,(H,20,21). The van der Waals surface area contributed by atoms with Gasteiger partial charge in [0.25, 0.3) is 0 Å². The third-order valence-electron chi connectivity index (χ3n) is 3.64. The highest BCUT2D eigenvalue weighted by Gasteiger charge is 2.17. The molecule has 118 valence electrons. The van der Waals surface area contributed by atoms with Crippen LogP contribution >= 0.6 is 23.4 Å². The molecule has 0 saturated carbocycles. The summed E-state index contributed by atoms with van der Waals surface area (Å²) in [5, 5.41) is 19.7. The molecule has 0 bridgehead atoms. The molecule has 1 heterocycles. The summed E-state index contributed by atoms with van der Waals surface area (Å²) in [6.07, 6.45) is 1.89. The van der Waals surface area contributed by atoms with Gasteiger partial charge in [-0.3, -0.25) is 9.59 Å². The fourth-order valence-electron chi connectivity index (χ4n) is 2.62. The van der Waals surface area contributed by atoms with Gasteiger partial charge in [0, 0.05) is 15.7 Å². The van der Waals surface area contributed by atoms with Crippen molar-refractivity contribution in [3.63, 3.8) is 0 Å². The maximum absolute atomic E-state index is 12.7. The number of hydrogen-bond donors (Lipinski definition) is 2. The Hall–Kier alpha value is -2.18. The Labute approximate surface area is 140 Å². The molecule has 0 radical (unpaired) electrons. The average molecular weight is 350 g/mol. The fraction of sp³-hybridized carbons (Fsp3) is 0.125. The van der Waals surface area contributed by atoms with Crippen molar-refractivity contribution in [1.29, 1.82) is 0 Å². The van der Waals surface area contributed by atoms with Crippen LogP contribution in [-0.4, -0.2) is 27.0 Å². The molecule has 7 heteroatoms. The van der Waals surface area contributed by atoms with Crippen molar-refractivity contribution in [2.24, 2.45) is 0 Å². The summed E-state index contributed by atoms with van der Waals surface area (Å²) in [5.41, 5.74) is 0.459. The van der Waals surface area contributed by atoms with Gasteiger partial charge in [-0.25, -0.2) is 0 Å². The molecule has 2 aromatic carbocycles. The van der Waals surface area contributed by atoms with Gasteiger partial charge in [-0.1, -0.05) is 11.6 Å². The molecule has 0 atom stereocenters. The van der Waals surface area contributed by atoms with E-state index >= 15 is 0 Å². The number of thioether (sulfide) groups is 1. The largest absolute Gasteiger partial charge is 0.506 e. The lowest BCUT2D eigenvalue weighted by molar-refractivity contribution is -0.137. The predicted octanol–water partition coefficient (Wildman–Crippen LogP) is 3.32. The van der Waals surface area contributed by atoms with Crippen LogP contribution in [-0.2, 0) is 11.3 Å². The van der Waals surface area contributed by atoms with Crippen LogP contribution < -0.4 is 5.43 Å². The number of rotatable bonds is 3. The third kappa shape index (κ3) is 2.54. The summed E-state index contributed by atoms with van der Waals surface area (Å²) >= 11 is 7.64. The van der Waals surface area contributed by atoms with Gasteiger partial charge in [0.15, 0.2) is 5.43 Å². The zero-order valence-electron chi connectivity index (χ0n) is 12.0. The second-order valence-corrected chi connectivity index (χ2v) is 6.24. The van der Waals surface area contributed by atoms with Crippen LogP contribution in [0.5, 0.6) is 5.75 Å². The van der Waals surface area contributed by atoms with E-state index in [4.69, 9.17) is 11.6 Å². The van der Waals surface area contributed by atoms with E-state index in [1.165, 1.54) is 28.5 Å². The van der Waals surface area contributed by atoms with E-state index in [-0.39, 0.29) is 33.6 Å². The summed E-state index contributed by atoms with van der Waals surface area (Å²) in [5.74, 6) is -1.26. The topological polar surface area (TPSA) is 79.5 Å². The SMILES string of the molecule is CSc1ccc2c(=O)c3ccc(O)c(Cl)c3n(CC(=O)O)c2c1. The lowest BCUT2D eigenvalue weighted by atomic mass is 10.1. The molecule has 3 aromatic rings. The maximum atomic E-state index is 12.7. The van der Waals surface area contributed by atoms with E-state index in [0.717, 1.165) is 4.90 Å². The number of carboxylic acid groups (broad SMARTS) is 1. The van der Waals surface area contributed by atoms with Crippen LogP contribution in [0.2, 0.25) is 5.02 Å². The number of carbonyl (C=O) groups is 1. The van der Waals surface area contributed by atoms with E-state index in [1.54, 1.807) is 12.1 Å². The molecule has 0 unspecified atom stereocenters. The number of fused-ring (bicyclic) bond motifs is 2. The molecule has 3 rings (SSSR count). The Kier molecular flexibility index (Phi) is 3.95. The number of halogens is 1. The molecule has 0 aliphatic rings. The van der Waals surface area contributed by atoms with Crippen molar-refractivity contribution in [3.8, 4) is 5.75 Å². The maximum Gasteiger partial charge on any atom is 0.323 e. The molecule has 0 aliphatic carbocycles. The van der Waals surface area contributed by atoms with Crippen molar-refractivity contribution >= 4 is 51.1 Å². The second-order valence-electron chi connectivity index (χ2n) is 4.99. The Morgan fingerprint density at radius 3 is 2.61 bits per heavy atom. The number of hydrogen-bond acceptors (Lipinski definition) is 4. The molecular formula is C16H12ClNO4S. The zero-order valence-corrected chi connectivity index (χ0v) is 13.6. The number of carboxylic acids is 1. The number of phenolic OH excluding ortho intramolecular Hbond substituents is 1. The van der Waals surface area contributed by atoms with Crippen molar-refractivity contribution in [3.05, 3.63) is 45.6 Å². The second kappa shape index (κ2) is 5.79. The molecule has 2 N–H and O–H groups in total. The lowest BCUT2D eigenvalue weighted by Gasteiger charge is -2.15. The van der Waals surface area contributed by atoms with Gasteiger partial charge in [0.2, 0.25) is 0 Å². The number of pyridine rings is 1. The number of aromatic hydroxyl groups is 1. The van der Waals surface area contributed by atoms with Crippen LogP contribution in [0, 0.1) is 0 Å². The predicted molar refractivity (Wildman–Crippen MR) is 91.8 cm³/mol. The minimum Gasteiger partial charge on any atom is -0.506 e. The highest BCUT2D eigenvalue weighted by atomic mass is 35.5. The smallest absolute Gasteiger partial charge is 0.323 e. The van der Waals surface area contributed by atoms with Gasteiger partial charge in [0.05, 0.1) is 11.0 Å². The molecule has 0 aliphatic heterocycles. The fourth-order valence-corrected chi connectivity index (χ4v) is 3.32. The summed E-state index contributed by atoms with van der Waals surface area (Å²) in [6.45, 7) is -0.367.